The molecule has 2 atom stereocenters. The summed E-state index contributed by atoms with van der Waals surface area (Å²) in [7, 11) is 0. The van der Waals surface area contributed by atoms with Crippen LogP contribution in [0.2, 0.25) is 0 Å². The minimum atomic E-state index is -0.284. The summed E-state index contributed by atoms with van der Waals surface area (Å²) in [6.07, 6.45) is 1.85. The second-order valence-corrected chi connectivity index (χ2v) is 6.86. The van der Waals surface area contributed by atoms with Gasteiger partial charge in [-0.1, -0.05) is 18.2 Å². The Kier molecular flexibility index (Phi) is 3.05. The van der Waals surface area contributed by atoms with Crippen molar-refractivity contribution in [3.63, 3.8) is 0 Å². The summed E-state index contributed by atoms with van der Waals surface area (Å²) in [5.74, 6) is 0.209. The molecular formula is C18H22N2O2. The van der Waals surface area contributed by atoms with Gasteiger partial charge in [-0.2, -0.15) is 0 Å². The van der Waals surface area contributed by atoms with E-state index >= 15 is 0 Å². The molecule has 2 N–H and O–H groups in total. The molecule has 1 amide bonds. The van der Waals surface area contributed by atoms with Crippen LogP contribution < -0.4 is 0 Å². The number of hydrogen-bond acceptors (Lipinski definition) is 2. The fourth-order valence-electron chi connectivity index (χ4n) is 4.12. The third kappa shape index (κ3) is 1.90. The summed E-state index contributed by atoms with van der Waals surface area (Å²) >= 11 is 0. The fourth-order valence-corrected chi connectivity index (χ4v) is 4.12. The normalized spacial score (nSPS) is 31.0. The van der Waals surface area contributed by atoms with Crippen molar-refractivity contribution in [2.45, 2.75) is 51.3 Å². The summed E-state index contributed by atoms with van der Waals surface area (Å²) in [6, 6.07) is 8.63. The second-order valence-electron chi connectivity index (χ2n) is 6.86. The molecule has 116 valence electrons. The lowest BCUT2D eigenvalue weighted by atomic mass is 9.80. The summed E-state index contributed by atoms with van der Waals surface area (Å²) in [4.78, 5) is 18.3. The van der Waals surface area contributed by atoms with E-state index < -0.39 is 0 Å². The smallest absolute Gasteiger partial charge is 0.226 e. The van der Waals surface area contributed by atoms with E-state index in [-0.39, 0.29) is 30.0 Å². The van der Waals surface area contributed by atoms with Crippen molar-refractivity contribution >= 4 is 16.8 Å². The van der Waals surface area contributed by atoms with Gasteiger partial charge in [0.05, 0.1) is 12.1 Å². The quantitative estimate of drug-likeness (QED) is 0.850. The van der Waals surface area contributed by atoms with Gasteiger partial charge in [0.1, 0.15) is 0 Å². The highest BCUT2D eigenvalue weighted by molar-refractivity contribution is 5.87. The van der Waals surface area contributed by atoms with Gasteiger partial charge in [-0.3, -0.25) is 4.79 Å². The van der Waals surface area contributed by atoms with E-state index in [2.05, 4.69) is 37.0 Å². The number of aliphatic hydroxyl groups excluding tert-OH is 1. The van der Waals surface area contributed by atoms with Gasteiger partial charge in [-0.15, -0.1) is 0 Å². The number of carbonyl (C=O) groups is 1. The number of amides is 1. The minimum absolute atomic E-state index is 0.00540. The van der Waals surface area contributed by atoms with E-state index in [9.17, 15) is 9.90 Å². The predicted octanol–water partition coefficient (Wildman–Crippen LogP) is 2.77. The van der Waals surface area contributed by atoms with Crippen LogP contribution in [0.4, 0.5) is 0 Å². The Morgan fingerprint density at radius 3 is 2.73 bits per heavy atom. The number of nitrogens with zero attached hydrogens (tertiary/aromatic N) is 1. The summed E-state index contributed by atoms with van der Waals surface area (Å²) in [5, 5.41) is 10.8. The number of aromatic nitrogens is 1. The number of rotatable bonds is 1. The van der Waals surface area contributed by atoms with Crippen molar-refractivity contribution in [1.29, 1.82) is 0 Å². The van der Waals surface area contributed by atoms with Crippen LogP contribution in [0, 0.1) is 5.92 Å². The molecule has 0 radical (unpaired) electrons. The second kappa shape index (κ2) is 4.85. The van der Waals surface area contributed by atoms with Gasteiger partial charge in [0.25, 0.3) is 0 Å². The van der Waals surface area contributed by atoms with E-state index in [4.69, 9.17) is 0 Å². The van der Waals surface area contributed by atoms with Crippen molar-refractivity contribution < 1.29 is 9.90 Å². The molecule has 22 heavy (non-hydrogen) atoms. The summed E-state index contributed by atoms with van der Waals surface area (Å²) < 4.78 is 0. The molecule has 1 aliphatic carbocycles. The maximum Gasteiger partial charge on any atom is 0.226 e. The van der Waals surface area contributed by atoms with Crippen molar-refractivity contribution in [1.82, 2.24) is 9.88 Å². The van der Waals surface area contributed by atoms with Gasteiger partial charge in [-0.05, 0) is 44.7 Å². The highest BCUT2D eigenvalue weighted by Gasteiger charge is 2.41. The molecule has 2 aromatic rings. The molecule has 0 bridgehead atoms. The highest BCUT2D eigenvalue weighted by Crippen LogP contribution is 2.39. The van der Waals surface area contributed by atoms with E-state index in [1.165, 1.54) is 16.6 Å². The standard InChI is InChI=1S/C18H22N2O2/c1-10-7-15-14-5-3-4-6-16(14)19-17(15)11(2)20(10)18(22)12-8-13(21)9-12/h3-6,10-13,19,21H,7-9H2,1-2H3/t10-,11-,12?,13?/m1/s1. The molecule has 1 aromatic carbocycles. The van der Waals surface area contributed by atoms with E-state index in [0.29, 0.717) is 12.8 Å². The first-order chi connectivity index (χ1) is 10.6. The third-order valence-corrected chi connectivity index (χ3v) is 5.37. The maximum absolute atomic E-state index is 12.8. The first-order valence-corrected chi connectivity index (χ1v) is 8.16. The number of nitrogens with one attached hydrogen (secondary N) is 1. The molecule has 2 aliphatic rings. The number of aliphatic hydroxyl groups is 1. The average Bonchev–Trinajstić information content (AvgIpc) is 2.83. The Morgan fingerprint density at radius 2 is 2.00 bits per heavy atom. The molecule has 4 rings (SSSR count). The first-order valence-electron chi connectivity index (χ1n) is 8.16. The van der Waals surface area contributed by atoms with Gasteiger partial charge in [0.2, 0.25) is 5.91 Å². The van der Waals surface area contributed by atoms with Gasteiger partial charge >= 0.3 is 0 Å². The van der Waals surface area contributed by atoms with Crippen molar-refractivity contribution in [3.8, 4) is 0 Å². The van der Waals surface area contributed by atoms with Crippen LogP contribution in [-0.4, -0.2) is 33.0 Å². The van der Waals surface area contributed by atoms with Crippen LogP contribution in [0.5, 0.6) is 0 Å². The van der Waals surface area contributed by atoms with Crippen LogP contribution in [0.25, 0.3) is 10.9 Å². The zero-order valence-corrected chi connectivity index (χ0v) is 13.0. The van der Waals surface area contributed by atoms with Crippen molar-refractivity contribution in [2.75, 3.05) is 0 Å². The van der Waals surface area contributed by atoms with Gasteiger partial charge < -0.3 is 15.0 Å². The monoisotopic (exact) mass is 298 g/mol. The number of hydrogen-bond donors (Lipinski definition) is 2. The minimum Gasteiger partial charge on any atom is -0.393 e. The van der Waals surface area contributed by atoms with Crippen LogP contribution >= 0.6 is 0 Å². The lowest BCUT2D eigenvalue weighted by molar-refractivity contribution is -0.147. The zero-order valence-electron chi connectivity index (χ0n) is 13.0. The molecule has 1 saturated carbocycles. The predicted molar refractivity (Wildman–Crippen MR) is 85.5 cm³/mol. The number of benzene rings is 1. The maximum atomic E-state index is 12.8. The zero-order chi connectivity index (χ0) is 15.4. The lowest BCUT2D eigenvalue weighted by Gasteiger charge is -2.43. The van der Waals surface area contributed by atoms with Crippen LogP contribution in [0.15, 0.2) is 24.3 Å². The highest BCUT2D eigenvalue weighted by atomic mass is 16.3. The molecule has 4 heteroatoms. The molecule has 0 unspecified atom stereocenters. The number of carbonyl (C=O) groups excluding carboxylic acids is 1. The number of H-pyrrole nitrogens is 1. The van der Waals surface area contributed by atoms with Crippen LogP contribution in [0.1, 0.15) is 44.0 Å². The first kappa shape index (κ1) is 13.8. The summed E-state index contributed by atoms with van der Waals surface area (Å²) in [6.45, 7) is 4.24. The van der Waals surface area contributed by atoms with Crippen molar-refractivity contribution in [3.05, 3.63) is 35.5 Å². The Hall–Kier alpha value is -1.81. The molecule has 2 heterocycles. The Bertz CT molecular complexity index is 730. The molecule has 1 aliphatic heterocycles. The van der Waals surface area contributed by atoms with Gasteiger partial charge in [0.15, 0.2) is 0 Å². The Morgan fingerprint density at radius 1 is 1.27 bits per heavy atom. The SMILES string of the molecule is C[C@@H]1Cc2c([nH]c3ccccc23)[C@@H](C)N1C(=O)C1CC(O)C1. The molecule has 4 nitrogen and oxygen atoms in total. The van der Waals surface area contributed by atoms with Crippen LogP contribution in [0.3, 0.4) is 0 Å². The lowest BCUT2D eigenvalue weighted by Crippen LogP contribution is -2.50. The number of aromatic amines is 1. The number of para-hydroxylation sites is 1. The molecule has 0 spiro atoms. The van der Waals surface area contributed by atoms with E-state index in [0.717, 1.165) is 11.9 Å². The molecule has 0 saturated heterocycles. The molecule has 1 aromatic heterocycles. The fraction of sp³-hybridized carbons (Fsp3) is 0.500. The van der Waals surface area contributed by atoms with Crippen molar-refractivity contribution in [2.24, 2.45) is 5.92 Å². The van der Waals surface area contributed by atoms with E-state index in [1.54, 1.807) is 0 Å². The molecule has 1 fully saturated rings. The Labute approximate surface area is 130 Å². The third-order valence-electron chi connectivity index (χ3n) is 5.37. The van der Waals surface area contributed by atoms with Gasteiger partial charge in [-0.25, -0.2) is 0 Å². The van der Waals surface area contributed by atoms with Crippen LogP contribution in [-0.2, 0) is 11.2 Å². The Balaban J connectivity index is 1.70. The molecular weight excluding hydrogens is 276 g/mol. The largest absolute Gasteiger partial charge is 0.393 e. The number of fused-ring (bicyclic) bond motifs is 3. The van der Waals surface area contributed by atoms with Gasteiger partial charge in [0, 0.05) is 28.6 Å². The van der Waals surface area contributed by atoms with E-state index in [1.807, 2.05) is 11.0 Å². The summed E-state index contributed by atoms with van der Waals surface area (Å²) in [5.41, 5.74) is 3.68. The average molecular weight is 298 g/mol. The topological polar surface area (TPSA) is 56.3 Å².